The molecule has 0 bridgehead atoms. The molecular weight excluding hydrogens is 432 g/mol. The number of hydrogen-bond donors (Lipinski definition) is 2. The molecule has 0 saturated heterocycles. The predicted molar refractivity (Wildman–Crippen MR) is 121 cm³/mol. The smallest absolute Gasteiger partial charge is 0.138 e. The van der Waals surface area contributed by atoms with E-state index in [1.54, 1.807) is 17.7 Å². The van der Waals surface area contributed by atoms with Crippen LogP contribution in [0.1, 0.15) is 5.56 Å². The van der Waals surface area contributed by atoms with Gasteiger partial charge in [0.1, 0.15) is 17.0 Å². The minimum absolute atomic E-state index is 0.809. The van der Waals surface area contributed by atoms with Crippen LogP contribution in [-0.4, -0.2) is 21.5 Å². The molecular formula is C22H17BrN4S. The van der Waals surface area contributed by atoms with Gasteiger partial charge in [-0.3, -0.25) is 0 Å². The van der Waals surface area contributed by atoms with E-state index in [1.165, 1.54) is 27.6 Å². The molecule has 0 saturated carbocycles. The van der Waals surface area contributed by atoms with E-state index in [0.29, 0.717) is 0 Å². The van der Waals surface area contributed by atoms with Crippen LogP contribution in [0.2, 0.25) is 0 Å². The zero-order valence-corrected chi connectivity index (χ0v) is 17.3. The number of aromatic amines is 1. The second-order valence-corrected chi connectivity index (χ2v) is 8.37. The molecule has 0 atom stereocenters. The van der Waals surface area contributed by atoms with E-state index in [-0.39, 0.29) is 0 Å². The lowest BCUT2D eigenvalue weighted by atomic mass is 10.1. The number of fused-ring (bicyclic) bond motifs is 2. The molecule has 0 aliphatic rings. The number of nitrogens with zero attached hydrogens (tertiary/aromatic N) is 2. The van der Waals surface area contributed by atoms with Crippen molar-refractivity contribution in [1.29, 1.82) is 0 Å². The number of para-hydroxylation sites is 1. The second kappa shape index (κ2) is 7.37. The first kappa shape index (κ1) is 17.4. The fraction of sp³-hybridized carbons (Fsp3) is 0.0909. The molecule has 0 spiro atoms. The summed E-state index contributed by atoms with van der Waals surface area (Å²) in [5, 5.41) is 8.06. The normalized spacial score (nSPS) is 11.3. The van der Waals surface area contributed by atoms with Crippen molar-refractivity contribution in [2.45, 2.75) is 6.42 Å². The molecule has 2 N–H and O–H groups in total. The average molecular weight is 449 g/mol. The highest BCUT2D eigenvalue weighted by molar-refractivity contribution is 9.10. The van der Waals surface area contributed by atoms with Gasteiger partial charge >= 0.3 is 0 Å². The van der Waals surface area contributed by atoms with E-state index in [9.17, 15) is 0 Å². The highest BCUT2D eigenvalue weighted by Gasteiger charge is 2.13. The first-order valence-electron chi connectivity index (χ1n) is 9.06. The van der Waals surface area contributed by atoms with Gasteiger partial charge in [0.15, 0.2) is 0 Å². The number of H-pyrrole nitrogens is 1. The predicted octanol–water partition coefficient (Wildman–Crippen LogP) is 6.26. The molecule has 0 fully saturated rings. The molecule has 0 aliphatic carbocycles. The Morgan fingerprint density at radius 1 is 1.04 bits per heavy atom. The monoisotopic (exact) mass is 448 g/mol. The topological polar surface area (TPSA) is 53.6 Å². The fourth-order valence-corrected chi connectivity index (χ4v) is 4.69. The number of rotatable bonds is 5. The van der Waals surface area contributed by atoms with Crippen LogP contribution >= 0.6 is 27.3 Å². The van der Waals surface area contributed by atoms with Gasteiger partial charge in [0.05, 0.1) is 5.39 Å². The number of hydrogen-bond acceptors (Lipinski definition) is 4. The summed E-state index contributed by atoms with van der Waals surface area (Å²) in [7, 11) is 0. The molecule has 6 heteroatoms. The first-order valence-corrected chi connectivity index (χ1v) is 10.7. The van der Waals surface area contributed by atoms with Gasteiger partial charge in [-0.2, -0.15) is 0 Å². The molecule has 0 unspecified atom stereocenters. The summed E-state index contributed by atoms with van der Waals surface area (Å²) in [6.45, 7) is 0.809. The zero-order valence-electron chi connectivity index (χ0n) is 14.9. The molecule has 0 amide bonds. The third kappa shape index (κ3) is 3.19. The summed E-state index contributed by atoms with van der Waals surface area (Å²) in [6.07, 6.45) is 4.66. The Labute approximate surface area is 174 Å². The van der Waals surface area contributed by atoms with E-state index in [4.69, 9.17) is 0 Å². The van der Waals surface area contributed by atoms with Crippen molar-refractivity contribution in [1.82, 2.24) is 15.0 Å². The Morgan fingerprint density at radius 3 is 2.79 bits per heavy atom. The molecule has 5 rings (SSSR count). The van der Waals surface area contributed by atoms with E-state index in [1.807, 2.05) is 0 Å². The number of thiophene rings is 1. The van der Waals surface area contributed by atoms with Gasteiger partial charge in [0.2, 0.25) is 0 Å². The average Bonchev–Trinajstić information content (AvgIpc) is 3.34. The molecule has 4 nitrogen and oxygen atoms in total. The standard InChI is InChI=1S/C22H17BrN4S/c23-16-7-5-14(6-8-16)18-12-28-22-20(18)21(26-13-27-22)24-10-9-15-11-25-19-4-2-1-3-17(15)19/h1-8,11-13,25H,9-10H2,(H,24,26,27). The van der Waals surface area contributed by atoms with Crippen molar-refractivity contribution < 1.29 is 0 Å². The van der Waals surface area contributed by atoms with Crippen molar-refractivity contribution in [3.05, 3.63) is 76.5 Å². The summed E-state index contributed by atoms with van der Waals surface area (Å²) >= 11 is 5.16. The Balaban J connectivity index is 1.43. The number of aromatic nitrogens is 3. The van der Waals surface area contributed by atoms with Gasteiger partial charge in [-0.1, -0.05) is 46.3 Å². The maximum absolute atomic E-state index is 4.53. The molecule has 2 aromatic carbocycles. The lowest BCUT2D eigenvalue weighted by Crippen LogP contribution is -2.06. The van der Waals surface area contributed by atoms with E-state index in [2.05, 4.69) is 96.3 Å². The third-order valence-electron chi connectivity index (χ3n) is 4.89. The minimum Gasteiger partial charge on any atom is -0.369 e. The largest absolute Gasteiger partial charge is 0.369 e. The summed E-state index contributed by atoms with van der Waals surface area (Å²) in [5.74, 6) is 0.893. The first-order chi connectivity index (χ1) is 13.8. The number of benzene rings is 2. The number of halogens is 1. The summed E-state index contributed by atoms with van der Waals surface area (Å²) in [6, 6.07) is 16.8. The number of anilines is 1. The van der Waals surface area contributed by atoms with Crippen molar-refractivity contribution in [2.75, 3.05) is 11.9 Å². The van der Waals surface area contributed by atoms with Crippen molar-refractivity contribution >= 4 is 54.2 Å². The highest BCUT2D eigenvalue weighted by atomic mass is 79.9. The zero-order chi connectivity index (χ0) is 18.9. The number of nitrogens with one attached hydrogen (secondary N) is 2. The van der Waals surface area contributed by atoms with Gasteiger partial charge in [-0.25, -0.2) is 9.97 Å². The maximum atomic E-state index is 4.53. The molecule has 0 aliphatic heterocycles. The molecule has 138 valence electrons. The van der Waals surface area contributed by atoms with Gasteiger partial charge in [0, 0.05) is 39.1 Å². The molecule has 5 aromatic rings. The van der Waals surface area contributed by atoms with E-state index >= 15 is 0 Å². The van der Waals surface area contributed by atoms with Crippen LogP contribution < -0.4 is 5.32 Å². The lowest BCUT2D eigenvalue weighted by molar-refractivity contribution is 1.01. The van der Waals surface area contributed by atoms with Gasteiger partial charge in [-0.05, 0) is 35.7 Å². The van der Waals surface area contributed by atoms with Crippen molar-refractivity contribution in [3.63, 3.8) is 0 Å². The molecule has 3 heterocycles. The van der Waals surface area contributed by atoms with Gasteiger partial charge < -0.3 is 10.3 Å². The Morgan fingerprint density at radius 2 is 1.89 bits per heavy atom. The summed E-state index contributed by atoms with van der Waals surface area (Å²) < 4.78 is 1.07. The van der Waals surface area contributed by atoms with Crippen molar-refractivity contribution in [3.8, 4) is 11.1 Å². The highest BCUT2D eigenvalue weighted by Crippen LogP contribution is 2.36. The van der Waals surface area contributed by atoms with Crippen LogP contribution in [0.3, 0.4) is 0 Å². The quantitative estimate of drug-likeness (QED) is 0.333. The Hall–Kier alpha value is -2.70. The molecule has 28 heavy (non-hydrogen) atoms. The fourth-order valence-electron chi connectivity index (χ4n) is 3.51. The summed E-state index contributed by atoms with van der Waals surface area (Å²) in [4.78, 5) is 13.3. The van der Waals surface area contributed by atoms with Crippen LogP contribution in [0.15, 0.2) is 70.9 Å². The third-order valence-corrected chi connectivity index (χ3v) is 6.30. The lowest BCUT2D eigenvalue weighted by Gasteiger charge is -2.08. The van der Waals surface area contributed by atoms with E-state index in [0.717, 1.165) is 33.5 Å². The molecule has 3 aromatic heterocycles. The second-order valence-electron chi connectivity index (χ2n) is 6.59. The SMILES string of the molecule is Brc1ccc(-c2csc3ncnc(NCCc4c[nH]c5ccccc45)c23)cc1. The van der Waals surface area contributed by atoms with Gasteiger partial charge in [-0.15, -0.1) is 11.3 Å². The van der Waals surface area contributed by atoms with Gasteiger partial charge in [0.25, 0.3) is 0 Å². The van der Waals surface area contributed by atoms with Crippen molar-refractivity contribution in [2.24, 2.45) is 0 Å². The molecule has 0 radical (unpaired) electrons. The Bertz CT molecular complexity index is 1260. The van der Waals surface area contributed by atoms with Crippen LogP contribution in [0.25, 0.3) is 32.2 Å². The van der Waals surface area contributed by atoms with E-state index < -0.39 is 0 Å². The maximum Gasteiger partial charge on any atom is 0.138 e. The van der Waals surface area contributed by atoms with Crippen LogP contribution in [0.5, 0.6) is 0 Å². The summed E-state index contributed by atoms with van der Waals surface area (Å²) in [5.41, 5.74) is 4.83. The minimum atomic E-state index is 0.809. The van der Waals surface area contributed by atoms with Crippen LogP contribution in [0, 0.1) is 0 Å². The van der Waals surface area contributed by atoms with Crippen LogP contribution in [-0.2, 0) is 6.42 Å². The Kier molecular flexibility index (Phi) is 4.58. The van der Waals surface area contributed by atoms with Crippen LogP contribution in [0.4, 0.5) is 5.82 Å².